The van der Waals surface area contributed by atoms with Crippen LogP contribution in [0.4, 0.5) is 10.6 Å². The third-order valence-corrected chi connectivity index (χ3v) is 3.55. The summed E-state index contributed by atoms with van der Waals surface area (Å²) in [5.74, 6) is 1.13. The Kier molecular flexibility index (Phi) is 6.27. The molecule has 0 radical (unpaired) electrons. The normalized spacial score (nSPS) is 17.7. The van der Waals surface area contributed by atoms with Crippen LogP contribution in [0.2, 0.25) is 0 Å². The molecule has 0 unspecified atom stereocenters. The molecule has 0 bridgehead atoms. The number of rotatable bonds is 7. The number of nitrogens with one attached hydrogen (secondary N) is 2. The van der Waals surface area contributed by atoms with Gasteiger partial charge in [0.1, 0.15) is 0 Å². The van der Waals surface area contributed by atoms with E-state index in [9.17, 15) is 4.79 Å². The topological polar surface area (TPSA) is 68.2 Å². The molecule has 0 saturated heterocycles. The number of methoxy groups -OCH3 is 1. The molecule has 2 N–H and O–H groups in total. The number of aryl methyl sites for hydroxylation is 1. The number of nitrogens with zero attached hydrogens (tertiary/aromatic N) is 2. The first-order chi connectivity index (χ1) is 10.3. The lowest BCUT2D eigenvalue weighted by molar-refractivity contribution is 0.189. The van der Waals surface area contributed by atoms with Gasteiger partial charge in [-0.05, 0) is 31.6 Å². The fraction of sp³-hybridized carbons (Fsp3) is 0.600. The lowest BCUT2D eigenvalue weighted by Crippen LogP contribution is -2.33. The smallest absolute Gasteiger partial charge is 0.320 e. The highest BCUT2D eigenvalue weighted by atomic mass is 16.5. The van der Waals surface area contributed by atoms with Crippen LogP contribution in [0.25, 0.3) is 0 Å². The molecular formula is C15H24N4O2. The number of allylic oxidation sites excluding steroid dienone is 2. The van der Waals surface area contributed by atoms with E-state index >= 15 is 0 Å². The van der Waals surface area contributed by atoms with Crippen LogP contribution in [0, 0.1) is 5.92 Å². The number of amides is 2. The van der Waals surface area contributed by atoms with Crippen LogP contribution >= 0.6 is 0 Å². The number of carbonyl (C=O) groups is 1. The predicted molar refractivity (Wildman–Crippen MR) is 82.2 cm³/mol. The summed E-state index contributed by atoms with van der Waals surface area (Å²) < 4.78 is 6.80. The van der Waals surface area contributed by atoms with Gasteiger partial charge in [-0.15, -0.1) is 0 Å². The van der Waals surface area contributed by atoms with Crippen LogP contribution in [-0.2, 0) is 11.3 Å². The lowest BCUT2D eigenvalue weighted by atomic mass is 9.94. The Balaban J connectivity index is 1.68. The van der Waals surface area contributed by atoms with Gasteiger partial charge in [-0.25, -0.2) is 4.79 Å². The van der Waals surface area contributed by atoms with Crippen molar-refractivity contribution in [1.29, 1.82) is 0 Å². The Labute approximate surface area is 125 Å². The SMILES string of the molecule is COCCCn1ccc(NC(=O)NC[C@H]2CC=CCC2)n1. The maximum absolute atomic E-state index is 11.8. The minimum Gasteiger partial charge on any atom is -0.385 e. The molecule has 1 aliphatic carbocycles. The number of hydrogen-bond acceptors (Lipinski definition) is 3. The van der Waals surface area contributed by atoms with E-state index in [0.29, 0.717) is 24.9 Å². The Bertz CT molecular complexity index is 470. The monoisotopic (exact) mass is 292 g/mol. The van der Waals surface area contributed by atoms with Gasteiger partial charge in [0, 0.05) is 39.1 Å². The van der Waals surface area contributed by atoms with Crippen LogP contribution in [0.1, 0.15) is 25.7 Å². The molecule has 0 aliphatic heterocycles. The van der Waals surface area contributed by atoms with Crippen LogP contribution < -0.4 is 10.6 Å². The third-order valence-electron chi connectivity index (χ3n) is 3.55. The zero-order valence-corrected chi connectivity index (χ0v) is 12.5. The highest BCUT2D eigenvalue weighted by Crippen LogP contribution is 2.16. The second kappa shape index (κ2) is 8.46. The summed E-state index contributed by atoms with van der Waals surface area (Å²) in [6.07, 6.45) is 10.5. The molecule has 6 nitrogen and oxygen atoms in total. The fourth-order valence-electron chi connectivity index (χ4n) is 2.36. The largest absolute Gasteiger partial charge is 0.385 e. The highest BCUT2D eigenvalue weighted by Gasteiger charge is 2.11. The minimum atomic E-state index is -0.188. The standard InChI is InChI=1S/C15H24N4O2/c1-21-11-5-9-19-10-8-14(18-19)17-15(20)16-12-13-6-3-2-4-7-13/h2-3,8,10,13H,4-7,9,11-12H2,1H3,(H2,16,17,18,20)/t13-/m0/s1. The zero-order chi connectivity index (χ0) is 14.9. The van der Waals surface area contributed by atoms with Gasteiger partial charge in [0.2, 0.25) is 0 Å². The van der Waals surface area contributed by atoms with Crippen molar-refractivity contribution >= 4 is 11.8 Å². The summed E-state index contributed by atoms with van der Waals surface area (Å²) in [6, 6.07) is 1.61. The minimum absolute atomic E-state index is 0.188. The number of anilines is 1. The summed E-state index contributed by atoms with van der Waals surface area (Å²) in [5.41, 5.74) is 0. The van der Waals surface area contributed by atoms with Gasteiger partial charge in [0.15, 0.2) is 5.82 Å². The van der Waals surface area contributed by atoms with Crippen molar-refractivity contribution in [2.24, 2.45) is 5.92 Å². The molecule has 116 valence electrons. The summed E-state index contributed by atoms with van der Waals surface area (Å²) in [5, 5.41) is 9.97. The van der Waals surface area contributed by atoms with Gasteiger partial charge in [-0.1, -0.05) is 12.2 Å². The zero-order valence-electron chi connectivity index (χ0n) is 12.5. The molecule has 6 heteroatoms. The number of urea groups is 1. The van der Waals surface area contributed by atoms with E-state index in [-0.39, 0.29) is 6.03 Å². The average Bonchev–Trinajstić information content (AvgIpc) is 2.94. The van der Waals surface area contributed by atoms with Crippen LogP contribution in [0.5, 0.6) is 0 Å². The lowest BCUT2D eigenvalue weighted by Gasteiger charge is -2.17. The summed E-state index contributed by atoms with van der Waals surface area (Å²) >= 11 is 0. The molecule has 2 amide bonds. The molecular weight excluding hydrogens is 268 g/mol. The first-order valence-corrected chi connectivity index (χ1v) is 7.50. The highest BCUT2D eigenvalue weighted by molar-refractivity contribution is 5.88. The van der Waals surface area contributed by atoms with Crippen molar-refractivity contribution in [3.05, 3.63) is 24.4 Å². The van der Waals surface area contributed by atoms with Crippen molar-refractivity contribution in [3.63, 3.8) is 0 Å². The van der Waals surface area contributed by atoms with Gasteiger partial charge in [0.05, 0.1) is 0 Å². The number of carbonyl (C=O) groups excluding carboxylic acids is 1. The van der Waals surface area contributed by atoms with Crippen LogP contribution in [0.3, 0.4) is 0 Å². The maximum atomic E-state index is 11.8. The summed E-state index contributed by atoms with van der Waals surface area (Å²) in [4.78, 5) is 11.8. The molecule has 1 atom stereocenters. The number of aromatic nitrogens is 2. The van der Waals surface area contributed by atoms with Gasteiger partial charge in [-0.2, -0.15) is 5.10 Å². The molecule has 1 aromatic rings. The number of ether oxygens (including phenoxy) is 1. The van der Waals surface area contributed by atoms with Crippen LogP contribution in [0.15, 0.2) is 24.4 Å². The fourth-order valence-corrected chi connectivity index (χ4v) is 2.36. The van der Waals surface area contributed by atoms with Crippen molar-refractivity contribution in [2.75, 3.05) is 25.6 Å². The second-order valence-electron chi connectivity index (χ2n) is 5.30. The molecule has 0 spiro atoms. The van der Waals surface area contributed by atoms with E-state index in [4.69, 9.17) is 4.74 Å². The van der Waals surface area contributed by atoms with Crippen molar-refractivity contribution < 1.29 is 9.53 Å². The Morgan fingerprint density at radius 1 is 1.52 bits per heavy atom. The molecule has 21 heavy (non-hydrogen) atoms. The molecule has 1 aromatic heterocycles. The molecule has 1 aliphatic rings. The third kappa shape index (κ3) is 5.59. The predicted octanol–water partition coefficient (Wildman–Crippen LogP) is 2.40. The Morgan fingerprint density at radius 2 is 2.43 bits per heavy atom. The number of hydrogen-bond donors (Lipinski definition) is 2. The van der Waals surface area contributed by atoms with E-state index < -0.39 is 0 Å². The van der Waals surface area contributed by atoms with Crippen molar-refractivity contribution in [2.45, 2.75) is 32.2 Å². The van der Waals surface area contributed by atoms with E-state index in [0.717, 1.165) is 32.2 Å². The second-order valence-corrected chi connectivity index (χ2v) is 5.30. The van der Waals surface area contributed by atoms with Gasteiger partial charge < -0.3 is 10.1 Å². The van der Waals surface area contributed by atoms with E-state index in [1.165, 1.54) is 0 Å². The van der Waals surface area contributed by atoms with Crippen molar-refractivity contribution in [3.8, 4) is 0 Å². The maximum Gasteiger partial charge on any atom is 0.320 e. The molecule has 2 rings (SSSR count). The Morgan fingerprint density at radius 3 is 3.19 bits per heavy atom. The first-order valence-electron chi connectivity index (χ1n) is 7.50. The first kappa shape index (κ1) is 15.6. The average molecular weight is 292 g/mol. The van der Waals surface area contributed by atoms with E-state index in [1.54, 1.807) is 17.9 Å². The summed E-state index contributed by atoms with van der Waals surface area (Å²) in [7, 11) is 1.68. The molecule has 0 fully saturated rings. The van der Waals surface area contributed by atoms with Gasteiger partial charge >= 0.3 is 6.03 Å². The van der Waals surface area contributed by atoms with Crippen LogP contribution in [-0.4, -0.2) is 36.1 Å². The molecule has 0 aromatic carbocycles. The quantitative estimate of drug-likeness (QED) is 0.599. The van der Waals surface area contributed by atoms with E-state index in [1.807, 2.05) is 6.20 Å². The van der Waals surface area contributed by atoms with Gasteiger partial charge in [0.25, 0.3) is 0 Å². The molecule has 0 saturated carbocycles. The van der Waals surface area contributed by atoms with Gasteiger partial charge in [-0.3, -0.25) is 10.00 Å². The Hall–Kier alpha value is -1.82. The molecule has 1 heterocycles. The van der Waals surface area contributed by atoms with Crippen molar-refractivity contribution in [1.82, 2.24) is 15.1 Å². The van der Waals surface area contributed by atoms with E-state index in [2.05, 4.69) is 27.9 Å². The summed E-state index contributed by atoms with van der Waals surface area (Å²) in [6.45, 7) is 2.20.